The first-order valence-corrected chi connectivity index (χ1v) is 8.08. The molecule has 8 heteroatoms. The smallest absolute Gasteiger partial charge is 0.273 e. The Balaban J connectivity index is 1.72. The molecule has 3 heterocycles. The Morgan fingerprint density at radius 1 is 1.04 bits per heavy atom. The highest BCUT2D eigenvalue weighted by molar-refractivity contribution is 9.10. The predicted molar refractivity (Wildman–Crippen MR) is 90.4 cm³/mol. The van der Waals surface area contributed by atoms with Gasteiger partial charge in [-0.2, -0.15) is 4.98 Å². The van der Waals surface area contributed by atoms with Crippen LogP contribution in [0.1, 0.15) is 17.7 Å². The molecule has 0 fully saturated rings. The fourth-order valence-electron chi connectivity index (χ4n) is 2.37. The molecule has 3 aromatic heterocycles. The van der Waals surface area contributed by atoms with E-state index in [1.54, 1.807) is 12.3 Å². The highest BCUT2D eigenvalue weighted by Crippen LogP contribution is 2.29. The summed E-state index contributed by atoms with van der Waals surface area (Å²) < 4.78 is 25.2. The minimum absolute atomic E-state index is 0.228. The standard InChI is InChI=1S/C17H10BrFN4O2/c18-11-5-10-6-13(2-4-14(10)20-7-11)24-16(17-22-9-23-25-17)15-3-1-12(19)8-21-15/h1-9,16H. The summed E-state index contributed by atoms with van der Waals surface area (Å²) in [7, 11) is 0. The largest absolute Gasteiger partial charge is 0.474 e. The number of pyridine rings is 2. The summed E-state index contributed by atoms with van der Waals surface area (Å²) in [6.07, 6.45) is 3.37. The highest BCUT2D eigenvalue weighted by Gasteiger charge is 2.23. The van der Waals surface area contributed by atoms with Gasteiger partial charge in [-0.15, -0.1) is 0 Å². The average molecular weight is 401 g/mol. The number of hydrogen-bond acceptors (Lipinski definition) is 6. The summed E-state index contributed by atoms with van der Waals surface area (Å²) in [5, 5.41) is 4.51. The van der Waals surface area contributed by atoms with Crippen molar-refractivity contribution in [1.82, 2.24) is 20.1 Å². The Morgan fingerprint density at radius 2 is 1.96 bits per heavy atom. The van der Waals surface area contributed by atoms with Gasteiger partial charge in [0, 0.05) is 16.1 Å². The molecule has 1 aromatic carbocycles. The minimum atomic E-state index is -0.749. The summed E-state index contributed by atoms with van der Waals surface area (Å²) in [6.45, 7) is 0. The van der Waals surface area contributed by atoms with Crippen molar-refractivity contribution in [2.45, 2.75) is 6.10 Å². The zero-order chi connectivity index (χ0) is 17.2. The van der Waals surface area contributed by atoms with Crippen LogP contribution in [0, 0.1) is 5.82 Å². The molecule has 25 heavy (non-hydrogen) atoms. The molecule has 0 saturated carbocycles. The minimum Gasteiger partial charge on any atom is -0.474 e. The van der Waals surface area contributed by atoms with E-state index in [0.29, 0.717) is 11.4 Å². The summed E-state index contributed by atoms with van der Waals surface area (Å²) in [5.74, 6) is 0.364. The number of fused-ring (bicyclic) bond motifs is 1. The first-order chi connectivity index (χ1) is 12.2. The quantitative estimate of drug-likeness (QED) is 0.513. The number of aromatic nitrogens is 4. The lowest BCUT2D eigenvalue weighted by Crippen LogP contribution is -2.11. The molecule has 0 radical (unpaired) electrons. The topological polar surface area (TPSA) is 73.9 Å². The van der Waals surface area contributed by atoms with Crippen LogP contribution in [0.4, 0.5) is 4.39 Å². The maximum absolute atomic E-state index is 13.2. The zero-order valence-electron chi connectivity index (χ0n) is 12.6. The normalized spacial score (nSPS) is 12.2. The van der Waals surface area contributed by atoms with Gasteiger partial charge in [0.15, 0.2) is 6.33 Å². The van der Waals surface area contributed by atoms with Gasteiger partial charge in [0.2, 0.25) is 6.10 Å². The molecule has 4 aromatic rings. The summed E-state index contributed by atoms with van der Waals surface area (Å²) in [6, 6.07) is 10.2. The van der Waals surface area contributed by atoms with Crippen molar-refractivity contribution in [2.75, 3.05) is 0 Å². The lowest BCUT2D eigenvalue weighted by Gasteiger charge is -2.15. The number of benzene rings is 1. The van der Waals surface area contributed by atoms with Crippen LogP contribution in [0.2, 0.25) is 0 Å². The van der Waals surface area contributed by atoms with Gasteiger partial charge >= 0.3 is 0 Å². The van der Waals surface area contributed by atoms with E-state index in [1.807, 2.05) is 18.2 Å². The van der Waals surface area contributed by atoms with Crippen molar-refractivity contribution < 1.29 is 13.7 Å². The van der Waals surface area contributed by atoms with Gasteiger partial charge in [0.05, 0.1) is 17.4 Å². The lowest BCUT2D eigenvalue weighted by atomic mass is 10.2. The van der Waals surface area contributed by atoms with E-state index in [4.69, 9.17) is 9.26 Å². The number of nitrogens with zero attached hydrogens (tertiary/aromatic N) is 4. The fourth-order valence-corrected chi connectivity index (χ4v) is 2.72. The highest BCUT2D eigenvalue weighted by atomic mass is 79.9. The zero-order valence-corrected chi connectivity index (χ0v) is 14.2. The van der Waals surface area contributed by atoms with Gasteiger partial charge in [-0.05, 0) is 52.3 Å². The third-order valence-electron chi connectivity index (χ3n) is 3.49. The maximum Gasteiger partial charge on any atom is 0.273 e. The Morgan fingerprint density at radius 3 is 2.72 bits per heavy atom. The Bertz CT molecular complexity index is 1010. The van der Waals surface area contributed by atoms with Crippen LogP contribution in [-0.2, 0) is 0 Å². The van der Waals surface area contributed by atoms with Crippen LogP contribution in [0.3, 0.4) is 0 Å². The fraction of sp³-hybridized carbons (Fsp3) is 0.0588. The number of halogens is 2. The number of ether oxygens (including phenoxy) is 1. The second-order valence-electron chi connectivity index (χ2n) is 5.19. The van der Waals surface area contributed by atoms with Gasteiger partial charge in [0.1, 0.15) is 11.6 Å². The molecule has 0 aliphatic rings. The molecule has 0 saturated heterocycles. The monoisotopic (exact) mass is 400 g/mol. The van der Waals surface area contributed by atoms with Crippen LogP contribution in [0.5, 0.6) is 5.75 Å². The van der Waals surface area contributed by atoms with Crippen molar-refractivity contribution >= 4 is 26.8 Å². The van der Waals surface area contributed by atoms with Gasteiger partial charge in [-0.1, -0.05) is 5.16 Å². The second-order valence-corrected chi connectivity index (χ2v) is 6.10. The van der Waals surface area contributed by atoms with Crippen molar-refractivity contribution in [2.24, 2.45) is 0 Å². The lowest BCUT2D eigenvalue weighted by molar-refractivity contribution is 0.189. The first-order valence-electron chi connectivity index (χ1n) is 7.29. The van der Waals surface area contributed by atoms with Crippen LogP contribution in [-0.4, -0.2) is 20.1 Å². The van der Waals surface area contributed by atoms with E-state index in [-0.39, 0.29) is 5.89 Å². The number of hydrogen-bond donors (Lipinski definition) is 0. The molecule has 4 rings (SSSR count). The molecule has 0 aliphatic carbocycles. The molecule has 0 spiro atoms. The summed E-state index contributed by atoms with van der Waals surface area (Å²) in [5.41, 5.74) is 1.29. The summed E-state index contributed by atoms with van der Waals surface area (Å²) >= 11 is 3.40. The van der Waals surface area contributed by atoms with E-state index >= 15 is 0 Å². The van der Waals surface area contributed by atoms with Crippen LogP contribution >= 0.6 is 15.9 Å². The Hall–Kier alpha value is -2.87. The SMILES string of the molecule is Fc1ccc(C(Oc2ccc3ncc(Br)cc3c2)c2ncno2)nc1. The molecule has 0 amide bonds. The van der Waals surface area contributed by atoms with Gasteiger partial charge < -0.3 is 9.26 Å². The van der Waals surface area contributed by atoms with Gasteiger partial charge in [-0.3, -0.25) is 9.97 Å². The first kappa shape index (κ1) is 15.6. The Labute approximate surface area is 149 Å². The molecule has 0 N–H and O–H groups in total. The van der Waals surface area contributed by atoms with Crippen LogP contribution in [0.15, 0.2) is 64.1 Å². The molecule has 0 aliphatic heterocycles. The van der Waals surface area contributed by atoms with Crippen molar-refractivity contribution in [3.63, 3.8) is 0 Å². The number of rotatable bonds is 4. The van der Waals surface area contributed by atoms with Crippen LogP contribution < -0.4 is 4.74 Å². The molecule has 1 atom stereocenters. The van der Waals surface area contributed by atoms with E-state index in [0.717, 1.165) is 21.6 Å². The molecule has 6 nitrogen and oxygen atoms in total. The Kier molecular flexibility index (Phi) is 4.10. The average Bonchev–Trinajstić information content (AvgIpc) is 3.14. The molecule has 0 bridgehead atoms. The van der Waals surface area contributed by atoms with Gasteiger partial charge in [0.25, 0.3) is 5.89 Å². The van der Waals surface area contributed by atoms with Gasteiger partial charge in [-0.25, -0.2) is 4.39 Å². The van der Waals surface area contributed by atoms with Crippen LogP contribution in [0.25, 0.3) is 10.9 Å². The third kappa shape index (κ3) is 3.34. The second kappa shape index (κ2) is 6.56. The molecule has 1 unspecified atom stereocenters. The van der Waals surface area contributed by atoms with E-state index in [9.17, 15) is 4.39 Å². The van der Waals surface area contributed by atoms with E-state index in [2.05, 4.69) is 36.0 Å². The van der Waals surface area contributed by atoms with Crippen molar-refractivity contribution in [3.05, 3.63) is 77.0 Å². The third-order valence-corrected chi connectivity index (χ3v) is 3.93. The molecular weight excluding hydrogens is 391 g/mol. The van der Waals surface area contributed by atoms with E-state index < -0.39 is 11.9 Å². The molecule has 124 valence electrons. The maximum atomic E-state index is 13.2. The van der Waals surface area contributed by atoms with E-state index in [1.165, 1.54) is 18.5 Å². The predicted octanol–water partition coefficient (Wildman–Crippen LogP) is 4.08. The summed E-state index contributed by atoms with van der Waals surface area (Å²) in [4.78, 5) is 12.4. The molecular formula is C17H10BrFN4O2. The van der Waals surface area contributed by atoms with Crippen molar-refractivity contribution in [3.8, 4) is 5.75 Å². The van der Waals surface area contributed by atoms with Crippen molar-refractivity contribution in [1.29, 1.82) is 0 Å².